The van der Waals surface area contributed by atoms with E-state index in [1.54, 1.807) is 0 Å². The number of nitrogens with one attached hydrogen (secondary N) is 1. The molecule has 0 unspecified atom stereocenters. The van der Waals surface area contributed by atoms with Crippen LogP contribution in [0.25, 0.3) is 10.8 Å². The number of aryl methyl sites for hydroxylation is 1. The molecule has 2 heterocycles. The summed E-state index contributed by atoms with van der Waals surface area (Å²) in [4.78, 5) is 14.9. The van der Waals surface area contributed by atoms with Crippen LogP contribution in [0.4, 0.5) is 0 Å². The highest BCUT2D eigenvalue weighted by Crippen LogP contribution is 2.25. The molecule has 1 aliphatic heterocycles. The molecule has 0 bridgehead atoms. The van der Waals surface area contributed by atoms with Gasteiger partial charge in [-0.2, -0.15) is 0 Å². The summed E-state index contributed by atoms with van der Waals surface area (Å²) in [5.74, 6) is 0. The molecule has 1 N–H and O–H groups in total. The minimum Gasteiger partial charge on any atom is -0.376 e. The molecule has 0 atom stereocenters. The fraction of sp³-hybridized carbons (Fsp3) is 0.308. The van der Waals surface area contributed by atoms with Gasteiger partial charge in [-0.1, -0.05) is 12.1 Å². The first-order valence-electron chi connectivity index (χ1n) is 5.48. The largest absolute Gasteiger partial charge is 0.376 e. The van der Waals surface area contributed by atoms with E-state index in [-0.39, 0.29) is 5.56 Å². The Morgan fingerprint density at radius 2 is 2.25 bits per heavy atom. The van der Waals surface area contributed by atoms with Crippen LogP contribution in [0, 0.1) is 6.92 Å². The number of aromatic nitrogens is 1. The molecule has 3 heteroatoms. The van der Waals surface area contributed by atoms with Gasteiger partial charge in [0.1, 0.15) is 0 Å². The van der Waals surface area contributed by atoms with Crippen molar-refractivity contribution >= 4 is 10.8 Å². The Kier molecular flexibility index (Phi) is 2.07. The highest BCUT2D eigenvalue weighted by molar-refractivity contribution is 5.88. The van der Waals surface area contributed by atoms with Crippen LogP contribution < -0.4 is 5.56 Å². The number of hydrogen-bond donors (Lipinski definition) is 1. The van der Waals surface area contributed by atoms with Crippen LogP contribution in [0.5, 0.6) is 0 Å². The van der Waals surface area contributed by atoms with Crippen molar-refractivity contribution in [1.29, 1.82) is 0 Å². The van der Waals surface area contributed by atoms with Gasteiger partial charge in [-0.05, 0) is 23.9 Å². The number of benzene rings is 1. The lowest BCUT2D eigenvalue weighted by Crippen LogP contribution is -2.19. The zero-order valence-electron chi connectivity index (χ0n) is 9.17. The van der Waals surface area contributed by atoms with Crippen molar-refractivity contribution < 1.29 is 4.74 Å². The standard InChI is InChI=1S/C13H13NO2/c1-8-3-2-4-9-12(8)10-7-16-6-5-11(10)14-13(9)15/h2-4H,5-7H2,1H3,(H,14,15). The van der Waals surface area contributed by atoms with E-state index in [1.165, 1.54) is 0 Å². The van der Waals surface area contributed by atoms with Crippen molar-refractivity contribution in [3.63, 3.8) is 0 Å². The van der Waals surface area contributed by atoms with Gasteiger partial charge in [0.15, 0.2) is 0 Å². The van der Waals surface area contributed by atoms with Crippen molar-refractivity contribution in [3.8, 4) is 0 Å². The Bertz CT molecular complexity index is 613. The molecule has 3 nitrogen and oxygen atoms in total. The van der Waals surface area contributed by atoms with Gasteiger partial charge in [-0.25, -0.2) is 0 Å². The fourth-order valence-electron chi connectivity index (χ4n) is 2.41. The summed E-state index contributed by atoms with van der Waals surface area (Å²) in [6.45, 7) is 3.34. The molecule has 0 amide bonds. The average molecular weight is 215 g/mol. The van der Waals surface area contributed by atoms with E-state index >= 15 is 0 Å². The Morgan fingerprint density at radius 1 is 1.38 bits per heavy atom. The molecule has 0 fully saturated rings. The van der Waals surface area contributed by atoms with Crippen LogP contribution in [0.2, 0.25) is 0 Å². The molecule has 16 heavy (non-hydrogen) atoms. The number of hydrogen-bond acceptors (Lipinski definition) is 2. The van der Waals surface area contributed by atoms with Gasteiger partial charge in [0, 0.05) is 23.1 Å². The molecule has 82 valence electrons. The maximum Gasteiger partial charge on any atom is 0.256 e. The summed E-state index contributed by atoms with van der Waals surface area (Å²) in [5, 5.41) is 1.84. The first kappa shape index (κ1) is 9.60. The van der Waals surface area contributed by atoms with E-state index in [4.69, 9.17) is 4.74 Å². The molecular weight excluding hydrogens is 202 g/mol. The van der Waals surface area contributed by atoms with Gasteiger partial charge in [0.05, 0.1) is 13.2 Å². The van der Waals surface area contributed by atoms with Crippen molar-refractivity contribution in [3.05, 3.63) is 45.4 Å². The van der Waals surface area contributed by atoms with Crippen LogP contribution in [0.1, 0.15) is 16.8 Å². The predicted octanol–water partition coefficient (Wildman–Crippen LogP) is 1.91. The van der Waals surface area contributed by atoms with Gasteiger partial charge >= 0.3 is 0 Å². The topological polar surface area (TPSA) is 42.1 Å². The smallest absolute Gasteiger partial charge is 0.256 e. The second kappa shape index (κ2) is 3.46. The summed E-state index contributed by atoms with van der Waals surface area (Å²) >= 11 is 0. The summed E-state index contributed by atoms with van der Waals surface area (Å²) in [5.41, 5.74) is 3.35. The van der Waals surface area contributed by atoms with Crippen molar-refractivity contribution in [2.45, 2.75) is 20.0 Å². The average Bonchev–Trinajstić information content (AvgIpc) is 2.30. The molecule has 0 spiro atoms. The van der Waals surface area contributed by atoms with E-state index in [9.17, 15) is 4.79 Å². The number of H-pyrrole nitrogens is 1. The van der Waals surface area contributed by atoms with Gasteiger partial charge in [0.25, 0.3) is 5.56 Å². The van der Waals surface area contributed by atoms with Crippen molar-refractivity contribution in [2.75, 3.05) is 6.61 Å². The lowest BCUT2D eigenvalue weighted by Gasteiger charge is -2.18. The summed E-state index contributed by atoms with van der Waals surface area (Å²) in [6, 6.07) is 5.83. The Morgan fingerprint density at radius 3 is 3.12 bits per heavy atom. The molecule has 0 aliphatic carbocycles. The van der Waals surface area contributed by atoms with Crippen LogP contribution >= 0.6 is 0 Å². The third-order valence-electron chi connectivity index (χ3n) is 3.19. The minimum absolute atomic E-state index is 0.0133. The van der Waals surface area contributed by atoms with Crippen LogP contribution in [-0.4, -0.2) is 11.6 Å². The molecule has 0 radical (unpaired) electrons. The van der Waals surface area contributed by atoms with E-state index < -0.39 is 0 Å². The first-order valence-corrected chi connectivity index (χ1v) is 5.48. The van der Waals surface area contributed by atoms with Crippen molar-refractivity contribution in [1.82, 2.24) is 4.98 Å². The molecule has 0 saturated heterocycles. The zero-order valence-corrected chi connectivity index (χ0v) is 9.17. The molecule has 2 aromatic rings. The van der Waals surface area contributed by atoms with Gasteiger partial charge in [-0.3, -0.25) is 4.79 Å². The monoisotopic (exact) mass is 215 g/mol. The fourth-order valence-corrected chi connectivity index (χ4v) is 2.41. The molecule has 3 rings (SSSR count). The van der Waals surface area contributed by atoms with E-state index in [2.05, 4.69) is 4.98 Å². The number of ether oxygens (including phenoxy) is 1. The molecule has 1 aromatic heterocycles. The van der Waals surface area contributed by atoms with Gasteiger partial charge in [-0.15, -0.1) is 0 Å². The summed E-state index contributed by atoms with van der Waals surface area (Å²) in [7, 11) is 0. The van der Waals surface area contributed by atoms with Gasteiger partial charge < -0.3 is 9.72 Å². The summed E-state index contributed by atoms with van der Waals surface area (Å²) < 4.78 is 5.48. The second-order valence-corrected chi connectivity index (χ2v) is 4.21. The lowest BCUT2D eigenvalue weighted by molar-refractivity contribution is 0.110. The highest BCUT2D eigenvalue weighted by atomic mass is 16.5. The lowest BCUT2D eigenvalue weighted by atomic mass is 9.98. The highest BCUT2D eigenvalue weighted by Gasteiger charge is 2.16. The third kappa shape index (κ3) is 1.28. The Balaban J connectivity index is 2.49. The first-order chi connectivity index (χ1) is 7.77. The number of aromatic amines is 1. The van der Waals surface area contributed by atoms with E-state index in [0.717, 1.165) is 34.0 Å². The molecule has 0 saturated carbocycles. The van der Waals surface area contributed by atoms with Crippen molar-refractivity contribution in [2.24, 2.45) is 0 Å². The molecule has 1 aliphatic rings. The van der Waals surface area contributed by atoms with E-state index in [1.807, 2.05) is 25.1 Å². The van der Waals surface area contributed by atoms with Gasteiger partial charge in [0.2, 0.25) is 0 Å². The second-order valence-electron chi connectivity index (χ2n) is 4.21. The quantitative estimate of drug-likeness (QED) is 0.729. The van der Waals surface area contributed by atoms with Crippen LogP contribution in [0.3, 0.4) is 0 Å². The Labute approximate surface area is 93.1 Å². The number of pyridine rings is 1. The SMILES string of the molecule is Cc1cccc2c(=O)[nH]c3c(c12)COCC3. The predicted molar refractivity (Wildman–Crippen MR) is 62.7 cm³/mol. The van der Waals surface area contributed by atoms with Crippen LogP contribution in [0.15, 0.2) is 23.0 Å². The number of fused-ring (bicyclic) bond motifs is 3. The van der Waals surface area contributed by atoms with E-state index in [0.29, 0.717) is 13.2 Å². The zero-order chi connectivity index (χ0) is 11.1. The maximum atomic E-state index is 11.9. The minimum atomic E-state index is 0.0133. The normalized spacial score (nSPS) is 15.1. The molecule has 1 aromatic carbocycles. The number of rotatable bonds is 0. The van der Waals surface area contributed by atoms with Crippen LogP contribution in [-0.2, 0) is 17.8 Å². The molecular formula is C13H13NO2. The summed E-state index contributed by atoms with van der Waals surface area (Å²) in [6.07, 6.45) is 0.800. The third-order valence-corrected chi connectivity index (χ3v) is 3.19. The maximum absolute atomic E-state index is 11.9. The Hall–Kier alpha value is -1.61.